The molecule has 0 spiro atoms. The van der Waals surface area contributed by atoms with Crippen molar-refractivity contribution >= 4 is 5.97 Å². The van der Waals surface area contributed by atoms with Crippen molar-refractivity contribution in [1.82, 2.24) is 5.32 Å². The van der Waals surface area contributed by atoms with Crippen LogP contribution in [0, 0.1) is 0 Å². The summed E-state index contributed by atoms with van der Waals surface area (Å²) >= 11 is 0. The summed E-state index contributed by atoms with van der Waals surface area (Å²) in [7, 11) is 0. The fourth-order valence-corrected chi connectivity index (χ4v) is 1.87. The minimum atomic E-state index is -0.808. The molecule has 1 atom stereocenters. The highest BCUT2D eigenvalue weighted by atomic mass is 16.5. The first-order chi connectivity index (χ1) is 7.58. The molecule has 0 amide bonds. The van der Waals surface area contributed by atoms with E-state index in [4.69, 9.17) is 9.84 Å². The summed E-state index contributed by atoms with van der Waals surface area (Å²) in [4.78, 5) is 11.1. The van der Waals surface area contributed by atoms with Crippen molar-refractivity contribution in [3.05, 3.63) is 0 Å². The minimum absolute atomic E-state index is 0.440. The number of aliphatic carboxylic acids is 1. The van der Waals surface area contributed by atoms with Gasteiger partial charge < -0.3 is 15.2 Å². The topological polar surface area (TPSA) is 58.6 Å². The molecular formula is C12H23NO3. The van der Waals surface area contributed by atoms with Gasteiger partial charge in [0.15, 0.2) is 0 Å². The van der Waals surface area contributed by atoms with Gasteiger partial charge in [0.1, 0.15) is 5.54 Å². The first kappa shape index (κ1) is 13.5. The van der Waals surface area contributed by atoms with E-state index in [1.807, 2.05) is 6.92 Å². The average Bonchev–Trinajstić information content (AvgIpc) is 2.14. The van der Waals surface area contributed by atoms with E-state index in [2.05, 4.69) is 5.32 Å². The number of carboxylic acids is 1. The smallest absolute Gasteiger partial charge is 0.323 e. The average molecular weight is 229 g/mol. The van der Waals surface area contributed by atoms with Gasteiger partial charge in [0.05, 0.1) is 6.10 Å². The van der Waals surface area contributed by atoms with Crippen molar-refractivity contribution in [2.45, 2.75) is 57.6 Å². The monoisotopic (exact) mass is 229 g/mol. The molecule has 1 aliphatic carbocycles. The molecule has 16 heavy (non-hydrogen) atoms. The van der Waals surface area contributed by atoms with Crippen LogP contribution in [0.2, 0.25) is 0 Å². The molecule has 0 aliphatic heterocycles. The highest BCUT2D eigenvalue weighted by Gasteiger charge is 2.31. The zero-order valence-corrected chi connectivity index (χ0v) is 10.3. The molecule has 0 aromatic carbocycles. The Hall–Kier alpha value is -0.610. The maximum atomic E-state index is 11.1. The lowest BCUT2D eigenvalue weighted by Gasteiger charge is -2.28. The lowest BCUT2D eigenvalue weighted by atomic mass is 9.95. The van der Waals surface area contributed by atoms with Gasteiger partial charge in [-0.2, -0.15) is 0 Å². The normalized spacial score (nSPS) is 20.1. The third-order valence-electron chi connectivity index (χ3n) is 3.27. The summed E-state index contributed by atoms with van der Waals surface area (Å²) in [6.45, 7) is 5.01. The van der Waals surface area contributed by atoms with Crippen LogP contribution >= 0.6 is 0 Å². The number of ether oxygens (including phenoxy) is 1. The highest BCUT2D eigenvalue weighted by Crippen LogP contribution is 2.22. The standard InChI is InChI=1S/C12H23NO3/c1-3-13-12(2,11(14)15)8-5-9-16-10-6-4-7-10/h10,13H,3-9H2,1-2H3,(H,14,15). The van der Waals surface area contributed by atoms with Gasteiger partial charge >= 0.3 is 5.97 Å². The van der Waals surface area contributed by atoms with Crippen LogP contribution in [0.1, 0.15) is 46.0 Å². The van der Waals surface area contributed by atoms with Crippen LogP contribution in [-0.4, -0.2) is 35.9 Å². The molecular weight excluding hydrogens is 206 g/mol. The van der Waals surface area contributed by atoms with Crippen LogP contribution in [0.15, 0.2) is 0 Å². The quantitative estimate of drug-likeness (QED) is 0.623. The summed E-state index contributed by atoms with van der Waals surface area (Å²) in [5.41, 5.74) is -0.808. The molecule has 1 unspecified atom stereocenters. The largest absolute Gasteiger partial charge is 0.480 e. The SMILES string of the molecule is CCNC(C)(CCCOC1CCC1)C(=O)O. The van der Waals surface area contributed by atoms with Gasteiger partial charge in [-0.1, -0.05) is 6.92 Å². The molecule has 94 valence electrons. The predicted molar refractivity (Wildman–Crippen MR) is 62.5 cm³/mol. The summed E-state index contributed by atoms with van der Waals surface area (Å²) in [6.07, 6.45) is 5.46. The molecule has 4 nitrogen and oxygen atoms in total. The predicted octanol–water partition coefficient (Wildman–Crippen LogP) is 1.79. The van der Waals surface area contributed by atoms with Crippen LogP contribution in [0.3, 0.4) is 0 Å². The Labute approximate surface area is 97.4 Å². The number of hydrogen-bond donors (Lipinski definition) is 2. The fourth-order valence-electron chi connectivity index (χ4n) is 1.87. The maximum absolute atomic E-state index is 11.1. The van der Waals surface area contributed by atoms with Crippen molar-refractivity contribution in [2.75, 3.05) is 13.2 Å². The summed E-state index contributed by atoms with van der Waals surface area (Å²) in [5.74, 6) is -0.780. The molecule has 1 rings (SSSR count). The van der Waals surface area contributed by atoms with Crippen LogP contribution in [0.25, 0.3) is 0 Å². The number of rotatable bonds is 8. The van der Waals surface area contributed by atoms with Crippen molar-refractivity contribution < 1.29 is 14.6 Å². The molecule has 0 heterocycles. The molecule has 4 heteroatoms. The lowest BCUT2D eigenvalue weighted by Crippen LogP contribution is -2.49. The third kappa shape index (κ3) is 3.76. The Morgan fingerprint density at radius 3 is 2.69 bits per heavy atom. The van der Waals surface area contributed by atoms with Gasteiger partial charge in [0.25, 0.3) is 0 Å². The first-order valence-electron chi connectivity index (χ1n) is 6.18. The first-order valence-corrected chi connectivity index (χ1v) is 6.18. The molecule has 0 aromatic rings. The van der Waals surface area contributed by atoms with Gasteiger partial charge in [-0.3, -0.25) is 4.79 Å². The number of nitrogens with one attached hydrogen (secondary N) is 1. The molecule has 0 radical (unpaired) electrons. The van der Waals surface area contributed by atoms with E-state index in [1.165, 1.54) is 19.3 Å². The van der Waals surface area contributed by atoms with Crippen molar-refractivity contribution in [2.24, 2.45) is 0 Å². The second-order valence-electron chi connectivity index (χ2n) is 4.69. The van der Waals surface area contributed by atoms with E-state index in [0.29, 0.717) is 25.7 Å². The van der Waals surface area contributed by atoms with Crippen LogP contribution in [0.5, 0.6) is 0 Å². The summed E-state index contributed by atoms with van der Waals surface area (Å²) in [5, 5.41) is 12.1. The second-order valence-corrected chi connectivity index (χ2v) is 4.69. The van der Waals surface area contributed by atoms with Crippen molar-refractivity contribution in [1.29, 1.82) is 0 Å². The molecule has 0 saturated heterocycles. The maximum Gasteiger partial charge on any atom is 0.323 e. The fraction of sp³-hybridized carbons (Fsp3) is 0.917. The Balaban J connectivity index is 2.18. The molecule has 1 saturated carbocycles. The zero-order chi connectivity index (χ0) is 12.0. The third-order valence-corrected chi connectivity index (χ3v) is 3.27. The van der Waals surface area contributed by atoms with Gasteiger partial charge in [-0.05, 0) is 45.6 Å². The Morgan fingerprint density at radius 2 is 2.25 bits per heavy atom. The number of likely N-dealkylation sites (N-methyl/N-ethyl adjacent to an activating group) is 1. The zero-order valence-electron chi connectivity index (χ0n) is 10.3. The van der Waals surface area contributed by atoms with E-state index in [1.54, 1.807) is 6.92 Å². The highest BCUT2D eigenvalue weighted by molar-refractivity contribution is 5.78. The molecule has 0 bridgehead atoms. The van der Waals surface area contributed by atoms with Gasteiger partial charge in [0.2, 0.25) is 0 Å². The molecule has 0 aromatic heterocycles. The van der Waals surface area contributed by atoms with E-state index >= 15 is 0 Å². The van der Waals surface area contributed by atoms with Crippen LogP contribution in [0.4, 0.5) is 0 Å². The van der Waals surface area contributed by atoms with Gasteiger partial charge in [-0.25, -0.2) is 0 Å². The van der Waals surface area contributed by atoms with E-state index in [0.717, 1.165) is 6.42 Å². The van der Waals surface area contributed by atoms with E-state index in [-0.39, 0.29) is 0 Å². The van der Waals surface area contributed by atoms with Crippen LogP contribution in [-0.2, 0) is 9.53 Å². The van der Waals surface area contributed by atoms with Gasteiger partial charge in [-0.15, -0.1) is 0 Å². The number of carbonyl (C=O) groups is 1. The minimum Gasteiger partial charge on any atom is -0.480 e. The lowest BCUT2D eigenvalue weighted by molar-refractivity contribution is -0.144. The molecule has 1 fully saturated rings. The summed E-state index contributed by atoms with van der Waals surface area (Å²) < 4.78 is 5.61. The second kappa shape index (κ2) is 6.21. The van der Waals surface area contributed by atoms with Crippen molar-refractivity contribution in [3.8, 4) is 0 Å². The Kier molecular flexibility index (Phi) is 5.22. The van der Waals surface area contributed by atoms with E-state index in [9.17, 15) is 4.79 Å². The van der Waals surface area contributed by atoms with Gasteiger partial charge in [0, 0.05) is 6.61 Å². The Bertz CT molecular complexity index is 228. The van der Waals surface area contributed by atoms with Crippen molar-refractivity contribution in [3.63, 3.8) is 0 Å². The van der Waals surface area contributed by atoms with Crippen LogP contribution < -0.4 is 5.32 Å². The van der Waals surface area contributed by atoms with E-state index < -0.39 is 11.5 Å². The Morgan fingerprint density at radius 1 is 1.56 bits per heavy atom. The molecule has 1 aliphatic rings. The number of hydrogen-bond acceptors (Lipinski definition) is 3. The molecule has 2 N–H and O–H groups in total. The summed E-state index contributed by atoms with van der Waals surface area (Å²) in [6, 6.07) is 0. The number of carboxylic acid groups (broad SMARTS) is 1.